The second kappa shape index (κ2) is 6.06. The van der Waals surface area contributed by atoms with Crippen LogP contribution in [0, 0.1) is 0 Å². The molecule has 2 rings (SSSR count). The maximum Gasteiger partial charge on any atom is 0.0239 e. The van der Waals surface area contributed by atoms with Crippen LogP contribution in [0.1, 0.15) is 51.7 Å². The molecule has 2 heteroatoms. The first-order chi connectivity index (χ1) is 8.96. The molecular weight excluding hydrogens is 232 g/mol. The molecule has 0 radical (unpaired) electrons. The molecule has 2 nitrogen and oxygen atoms in total. The van der Waals surface area contributed by atoms with E-state index in [-0.39, 0.29) is 5.54 Å². The van der Waals surface area contributed by atoms with Crippen molar-refractivity contribution >= 4 is 0 Å². The van der Waals surface area contributed by atoms with Gasteiger partial charge >= 0.3 is 0 Å². The minimum Gasteiger partial charge on any atom is -0.308 e. The van der Waals surface area contributed by atoms with Gasteiger partial charge in [0, 0.05) is 24.7 Å². The summed E-state index contributed by atoms with van der Waals surface area (Å²) in [5.74, 6) is 0. The van der Waals surface area contributed by atoms with Crippen molar-refractivity contribution in [2.45, 2.75) is 65.2 Å². The van der Waals surface area contributed by atoms with E-state index in [0.29, 0.717) is 0 Å². The lowest BCUT2D eigenvalue weighted by Gasteiger charge is -2.25. The van der Waals surface area contributed by atoms with E-state index >= 15 is 0 Å². The van der Waals surface area contributed by atoms with Gasteiger partial charge in [-0.15, -0.1) is 0 Å². The molecule has 19 heavy (non-hydrogen) atoms. The van der Waals surface area contributed by atoms with E-state index in [1.54, 1.807) is 0 Å². The third-order valence-electron chi connectivity index (χ3n) is 3.99. The van der Waals surface area contributed by atoms with Gasteiger partial charge in [0.15, 0.2) is 0 Å². The Kier molecular flexibility index (Phi) is 4.64. The average molecular weight is 260 g/mol. The molecule has 1 aliphatic heterocycles. The molecule has 1 aromatic carbocycles. The van der Waals surface area contributed by atoms with Crippen LogP contribution >= 0.6 is 0 Å². The molecule has 1 fully saturated rings. The number of benzene rings is 1. The van der Waals surface area contributed by atoms with E-state index in [4.69, 9.17) is 0 Å². The summed E-state index contributed by atoms with van der Waals surface area (Å²) in [6, 6.07) is 9.59. The van der Waals surface area contributed by atoms with E-state index in [0.717, 1.165) is 19.1 Å². The van der Waals surface area contributed by atoms with Crippen molar-refractivity contribution in [3.63, 3.8) is 0 Å². The van der Waals surface area contributed by atoms with Crippen molar-refractivity contribution in [2.75, 3.05) is 6.54 Å². The topological polar surface area (TPSA) is 15.3 Å². The summed E-state index contributed by atoms with van der Waals surface area (Å²) in [7, 11) is 0. The summed E-state index contributed by atoms with van der Waals surface area (Å²) in [5.41, 5.74) is 3.10. The van der Waals surface area contributed by atoms with Gasteiger partial charge < -0.3 is 5.32 Å². The number of nitrogens with zero attached hydrogens (tertiary/aromatic N) is 1. The highest BCUT2D eigenvalue weighted by Crippen LogP contribution is 2.21. The molecule has 1 atom stereocenters. The number of nitrogens with one attached hydrogen (secondary N) is 1. The minimum absolute atomic E-state index is 0.175. The largest absolute Gasteiger partial charge is 0.308 e. The molecule has 106 valence electrons. The van der Waals surface area contributed by atoms with Crippen molar-refractivity contribution in [1.82, 2.24) is 10.2 Å². The van der Waals surface area contributed by atoms with E-state index in [1.165, 1.54) is 30.5 Å². The van der Waals surface area contributed by atoms with Gasteiger partial charge in [0.2, 0.25) is 0 Å². The molecule has 0 aliphatic carbocycles. The highest BCUT2D eigenvalue weighted by Gasteiger charge is 2.21. The van der Waals surface area contributed by atoms with Crippen molar-refractivity contribution < 1.29 is 0 Å². The predicted molar refractivity (Wildman–Crippen MR) is 82.1 cm³/mol. The van der Waals surface area contributed by atoms with Crippen molar-refractivity contribution in [3.05, 3.63) is 35.4 Å². The summed E-state index contributed by atoms with van der Waals surface area (Å²) in [6.07, 6.45) is 2.70. The summed E-state index contributed by atoms with van der Waals surface area (Å²) in [6.45, 7) is 12.3. The highest BCUT2D eigenvalue weighted by atomic mass is 15.2. The maximum absolute atomic E-state index is 3.60. The van der Waals surface area contributed by atoms with Crippen LogP contribution in [0.25, 0.3) is 0 Å². The van der Waals surface area contributed by atoms with Crippen LogP contribution < -0.4 is 5.32 Å². The predicted octanol–water partition coefficient (Wildman–Crippen LogP) is 3.56. The van der Waals surface area contributed by atoms with Crippen molar-refractivity contribution in [1.29, 1.82) is 0 Å². The quantitative estimate of drug-likeness (QED) is 0.890. The first-order valence-electron chi connectivity index (χ1n) is 7.51. The molecule has 1 aromatic rings. The Balaban J connectivity index is 2.03. The van der Waals surface area contributed by atoms with Crippen molar-refractivity contribution in [3.8, 4) is 0 Å². The fourth-order valence-electron chi connectivity index (χ4n) is 2.69. The molecule has 0 aromatic heterocycles. The summed E-state index contributed by atoms with van der Waals surface area (Å²) < 4.78 is 0. The third-order valence-corrected chi connectivity index (χ3v) is 3.99. The molecule has 0 spiro atoms. The molecule has 1 aliphatic rings. The number of rotatable bonds is 4. The van der Waals surface area contributed by atoms with E-state index in [2.05, 4.69) is 62.2 Å². The fraction of sp³-hybridized carbons (Fsp3) is 0.647. The average Bonchev–Trinajstić information content (AvgIpc) is 2.73. The van der Waals surface area contributed by atoms with Gasteiger partial charge in [0.05, 0.1) is 0 Å². The van der Waals surface area contributed by atoms with E-state index < -0.39 is 0 Å². The smallest absolute Gasteiger partial charge is 0.0239 e. The lowest BCUT2D eigenvalue weighted by Crippen LogP contribution is -2.35. The highest BCUT2D eigenvalue weighted by molar-refractivity contribution is 5.27. The first-order valence-corrected chi connectivity index (χ1v) is 7.51. The van der Waals surface area contributed by atoms with Crippen LogP contribution in [0.4, 0.5) is 0 Å². The Morgan fingerprint density at radius 1 is 1.21 bits per heavy atom. The van der Waals surface area contributed by atoms with Gasteiger partial charge in [-0.2, -0.15) is 0 Å². The monoisotopic (exact) mass is 260 g/mol. The Hall–Kier alpha value is -0.860. The second-order valence-corrected chi connectivity index (χ2v) is 6.83. The van der Waals surface area contributed by atoms with Crippen LogP contribution in [0.15, 0.2) is 24.3 Å². The van der Waals surface area contributed by atoms with E-state index in [1.807, 2.05) is 0 Å². The lowest BCUT2D eigenvalue weighted by molar-refractivity contribution is 0.259. The van der Waals surface area contributed by atoms with Crippen LogP contribution in [-0.2, 0) is 13.1 Å². The normalized spacial score (nSPS) is 20.9. The van der Waals surface area contributed by atoms with Gasteiger partial charge in [-0.3, -0.25) is 4.90 Å². The summed E-state index contributed by atoms with van der Waals surface area (Å²) in [4.78, 5) is 2.61. The van der Waals surface area contributed by atoms with Gasteiger partial charge in [-0.05, 0) is 58.2 Å². The van der Waals surface area contributed by atoms with Gasteiger partial charge in [-0.25, -0.2) is 0 Å². The molecule has 1 N–H and O–H groups in total. The molecule has 0 saturated carbocycles. The molecular formula is C17H28N2. The fourth-order valence-corrected chi connectivity index (χ4v) is 2.69. The standard InChI is InChI=1S/C17H28N2/c1-14-8-7-11-19(14)13-16-10-6-5-9-15(16)12-18-17(2,3)4/h5-6,9-10,14,18H,7-8,11-13H2,1-4H3. The Labute approximate surface area is 118 Å². The van der Waals surface area contributed by atoms with Gasteiger partial charge in [0.25, 0.3) is 0 Å². The first kappa shape index (κ1) is 14.5. The minimum atomic E-state index is 0.175. The zero-order valence-electron chi connectivity index (χ0n) is 12.9. The van der Waals surface area contributed by atoms with Crippen LogP contribution in [0.2, 0.25) is 0 Å². The van der Waals surface area contributed by atoms with Crippen LogP contribution in [0.3, 0.4) is 0 Å². The number of hydrogen-bond acceptors (Lipinski definition) is 2. The molecule has 1 saturated heterocycles. The Morgan fingerprint density at radius 3 is 2.47 bits per heavy atom. The van der Waals surface area contributed by atoms with Crippen LogP contribution in [-0.4, -0.2) is 23.0 Å². The lowest BCUT2D eigenvalue weighted by atomic mass is 10.0. The maximum atomic E-state index is 3.60. The second-order valence-electron chi connectivity index (χ2n) is 6.83. The van der Waals surface area contributed by atoms with Crippen LogP contribution in [0.5, 0.6) is 0 Å². The Bertz CT molecular complexity index is 406. The zero-order chi connectivity index (χ0) is 13.9. The molecule has 0 amide bonds. The zero-order valence-corrected chi connectivity index (χ0v) is 12.9. The molecule has 1 unspecified atom stereocenters. The van der Waals surface area contributed by atoms with E-state index in [9.17, 15) is 0 Å². The number of likely N-dealkylation sites (tertiary alicyclic amines) is 1. The Morgan fingerprint density at radius 2 is 1.89 bits per heavy atom. The van der Waals surface area contributed by atoms with Gasteiger partial charge in [-0.1, -0.05) is 24.3 Å². The SMILES string of the molecule is CC1CCCN1Cc1ccccc1CNC(C)(C)C. The molecule has 1 heterocycles. The number of hydrogen-bond donors (Lipinski definition) is 1. The third kappa shape index (κ3) is 4.32. The summed E-state index contributed by atoms with van der Waals surface area (Å²) >= 11 is 0. The van der Waals surface area contributed by atoms with Crippen molar-refractivity contribution in [2.24, 2.45) is 0 Å². The van der Waals surface area contributed by atoms with Gasteiger partial charge in [0.1, 0.15) is 0 Å². The molecule has 0 bridgehead atoms. The summed E-state index contributed by atoms with van der Waals surface area (Å²) in [5, 5.41) is 3.60.